The van der Waals surface area contributed by atoms with Crippen molar-refractivity contribution in [1.29, 1.82) is 0 Å². The molecule has 1 fully saturated rings. The van der Waals surface area contributed by atoms with Crippen LogP contribution in [-0.2, 0) is 21.5 Å². The Kier molecular flexibility index (Phi) is 5.48. The number of pyridine rings is 1. The lowest BCUT2D eigenvalue weighted by atomic mass is 10.3. The summed E-state index contributed by atoms with van der Waals surface area (Å²) in [5.74, 6) is 0. The molecule has 1 aromatic heterocycles. The van der Waals surface area contributed by atoms with Crippen molar-refractivity contribution < 1.29 is 18.3 Å². The molecule has 1 unspecified atom stereocenters. The van der Waals surface area contributed by atoms with Gasteiger partial charge in [-0.2, -0.15) is 17.4 Å². The molecule has 1 aliphatic heterocycles. The van der Waals surface area contributed by atoms with Crippen LogP contribution in [0.2, 0.25) is 0 Å². The highest BCUT2D eigenvalue weighted by Gasteiger charge is 2.24. The van der Waals surface area contributed by atoms with Crippen molar-refractivity contribution in [2.24, 2.45) is 0 Å². The summed E-state index contributed by atoms with van der Waals surface area (Å²) in [4.78, 5) is 11.5. The molecular weight excluding hydrogens is 298 g/mol. The zero-order chi connectivity index (χ0) is 15.3. The number of rotatable bonds is 6. The van der Waals surface area contributed by atoms with E-state index in [1.807, 2.05) is 0 Å². The second kappa shape index (κ2) is 7.14. The minimum absolute atomic E-state index is 0.0330. The van der Waals surface area contributed by atoms with Crippen LogP contribution in [0.1, 0.15) is 0 Å². The largest absolute Gasteiger partial charge is 0.390 e. The number of morpholine rings is 1. The van der Waals surface area contributed by atoms with Crippen molar-refractivity contribution in [3.05, 3.63) is 34.7 Å². The Balaban J connectivity index is 1.87. The van der Waals surface area contributed by atoms with Gasteiger partial charge >= 0.3 is 0 Å². The van der Waals surface area contributed by atoms with E-state index in [4.69, 9.17) is 4.74 Å². The third-order valence-electron chi connectivity index (χ3n) is 3.12. The predicted molar refractivity (Wildman–Crippen MR) is 76.0 cm³/mol. The van der Waals surface area contributed by atoms with Gasteiger partial charge in [-0.15, -0.1) is 0 Å². The molecule has 1 aliphatic rings. The number of hydrogen-bond donors (Lipinski definition) is 2. The van der Waals surface area contributed by atoms with Gasteiger partial charge in [-0.05, 0) is 6.07 Å². The first kappa shape index (κ1) is 16.1. The van der Waals surface area contributed by atoms with Gasteiger partial charge < -0.3 is 14.4 Å². The lowest BCUT2D eigenvalue weighted by Crippen LogP contribution is -2.48. The van der Waals surface area contributed by atoms with Gasteiger partial charge in [0.1, 0.15) is 0 Å². The highest BCUT2D eigenvalue weighted by Crippen LogP contribution is 2.02. The van der Waals surface area contributed by atoms with E-state index in [9.17, 15) is 18.3 Å². The maximum atomic E-state index is 12.0. The monoisotopic (exact) mass is 317 g/mol. The maximum Gasteiger partial charge on any atom is 0.279 e. The minimum atomic E-state index is -3.62. The second-order valence-corrected chi connectivity index (χ2v) is 6.47. The van der Waals surface area contributed by atoms with Crippen LogP contribution in [0.5, 0.6) is 0 Å². The fourth-order valence-corrected chi connectivity index (χ4v) is 3.20. The molecule has 2 heterocycles. The number of aromatic nitrogens is 1. The van der Waals surface area contributed by atoms with Crippen LogP contribution < -0.4 is 10.3 Å². The van der Waals surface area contributed by atoms with Crippen LogP contribution in [-0.4, -0.2) is 61.3 Å². The molecule has 8 nitrogen and oxygen atoms in total. The van der Waals surface area contributed by atoms with Crippen LogP contribution in [0.4, 0.5) is 0 Å². The normalized spacial score (nSPS) is 18.5. The van der Waals surface area contributed by atoms with Gasteiger partial charge in [0.2, 0.25) is 0 Å². The predicted octanol–water partition coefficient (Wildman–Crippen LogP) is -1.62. The number of aliphatic hydroxyl groups is 1. The van der Waals surface area contributed by atoms with Crippen molar-refractivity contribution in [3.8, 4) is 0 Å². The Morgan fingerprint density at radius 3 is 2.71 bits per heavy atom. The van der Waals surface area contributed by atoms with E-state index < -0.39 is 16.3 Å². The molecule has 2 N–H and O–H groups in total. The molecule has 1 aromatic rings. The molecule has 2 rings (SSSR count). The first-order valence-electron chi connectivity index (χ1n) is 6.65. The number of nitrogens with zero attached hydrogens (tertiary/aromatic N) is 2. The average Bonchev–Trinajstić information content (AvgIpc) is 2.49. The van der Waals surface area contributed by atoms with Crippen LogP contribution in [0.25, 0.3) is 0 Å². The van der Waals surface area contributed by atoms with Crippen molar-refractivity contribution in [2.75, 3.05) is 32.8 Å². The molecule has 9 heteroatoms. The summed E-state index contributed by atoms with van der Waals surface area (Å²) >= 11 is 0. The van der Waals surface area contributed by atoms with E-state index in [1.54, 1.807) is 18.3 Å². The summed E-state index contributed by atoms with van der Waals surface area (Å²) in [6.45, 7) is 1.20. The molecule has 21 heavy (non-hydrogen) atoms. The van der Waals surface area contributed by atoms with Crippen molar-refractivity contribution in [2.45, 2.75) is 12.6 Å². The molecule has 0 bridgehead atoms. The maximum absolute atomic E-state index is 12.0. The van der Waals surface area contributed by atoms with Gasteiger partial charge in [-0.3, -0.25) is 4.79 Å². The summed E-state index contributed by atoms with van der Waals surface area (Å²) in [5, 5.41) is 9.86. The number of nitrogens with one attached hydrogen (secondary N) is 1. The number of ether oxygens (including phenoxy) is 1. The SMILES string of the molecule is O=c1ccccn1CC(O)CNS(=O)(=O)N1CCOCC1. The lowest BCUT2D eigenvalue weighted by molar-refractivity contribution is 0.0721. The van der Waals surface area contributed by atoms with E-state index in [-0.39, 0.29) is 18.6 Å². The molecule has 1 atom stereocenters. The first-order chi connectivity index (χ1) is 9.99. The standard InChI is InChI=1S/C12H19N3O5S/c16-11(10-14-4-2-1-3-12(14)17)9-13-21(18,19)15-5-7-20-8-6-15/h1-4,11,13,16H,5-10H2. The summed E-state index contributed by atoms with van der Waals surface area (Å²) in [6.07, 6.45) is 0.558. The van der Waals surface area contributed by atoms with Crippen molar-refractivity contribution in [3.63, 3.8) is 0 Å². The lowest BCUT2D eigenvalue weighted by Gasteiger charge is -2.26. The fourth-order valence-electron chi connectivity index (χ4n) is 1.98. The zero-order valence-electron chi connectivity index (χ0n) is 11.5. The highest BCUT2D eigenvalue weighted by atomic mass is 32.2. The molecule has 0 saturated carbocycles. The number of hydrogen-bond acceptors (Lipinski definition) is 5. The Labute approximate surface area is 123 Å². The molecule has 0 amide bonds. The summed E-state index contributed by atoms with van der Waals surface area (Å²) in [7, 11) is -3.62. The summed E-state index contributed by atoms with van der Waals surface area (Å²) in [5.41, 5.74) is -0.243. The fraction of sp³-hybridized carbons (Fsp3) is 0.583. The van der Waals surface area contributed by atoms with Crippen molar-refractivity contribution in [1.82, 2.24) is 13.6 Å². The molecule has 0 aliphatic carbocycles. The van der Waals surface area contributed by atoms with Gasteiger partial charge in [0, 0.05) is 31.9 Å². The van der Waals surface area contributed by atoms with Crippen LogP contribution in [0.3, 0.4) is 0 Å². The van der Waals surface area contributed by atoms with E-state index in [2.05, 4.69) is 4.72 Å². The highest BCUT2D eigenvalue weighted by molar-refractivity contribution is 7.87. The van der Waals surface area contributed by atoms with Gasteiger partial charge in [-0.25, -0.2) is 0 Å². The topological polar surface area (TPSA) is 101 Å². The van der Waals surface area contributed by atoms with Gasteiger partial charge in [0.25, 0.3) is 15.8 Å². The third kappa shape index (κ3) is 4.61. The molecule has 1 saturated heterocycles. The number of aliphatic hydroxyl groups excluding tert-OH is 1. The van der Waals surface area contributed by atoms with Gasteiger partial charge in [-0.1, -0.05) is 6.07 Å². The smallest absolute Gasteiger partial charge is 0.279 e. The quantitative estimate of drug-likeness (QED) is 0.656. The van der Waals surface area contributed by atoms with Crippen LogP contribution >= 0.6 is 0 Å². The van der Waals surface area contributed by atoms with Gasteiger partial charge in [0.15, 0.2) is 0 Å². The Hall–Kier alpha value is -1.26. The Morgan fingerprint density at radius 1 is 1.33 bits per heavy atom. The van der Waals surface area contributed by atoms with Crippen LogP contribution in [0, 0.1) is 0 Å². The van der Waals surface area contributed by atoms with E-state index in [0.717, 1.165) is 0 Å². The Bertz CT molecular complexity index is 609. The first-order valence-corrected chi connectivity index (χ1v) is 8.09. The molecule has 0 spiro atoms. The molecule has 118 valence electrons. The second-order valence-electron chi connectivity index (χ2n) is 4.71. The van der Waals surface area contributed by atoms with E-state index in [1.165, 1.54) is 14.9 Å². The molecule has 0 radical (unpaired) electrons. The Morgan fingerprint density at radius 2 is 2.05 bits per heavy atom. The molecular formula is C12H19N3O5S. The van der Waals surface area contributed by atoms with E-state index in [0.29, 0.717) is 26.3 Å². The average molecular weight is 317 g/mol. The van der Waals surface area contributed by atoms with Gasteiger partial charge in [0.05, 0.1) is 25.9 Å². The van der Waals surface area contributed by atoms with E-state index >= 15 is 0 Å². The minimum Gasteiger partial charge on any atom is -0.390 e. The van der Waals surface area contributed by atoms with Crippen LogP contribution in [0.15, 0.2) is 29.2 Å². The van der Waals surface area contributed by atoms with Crippen molar-refractivity contribution >= 4 is 10.2 Å². The molecule has 0 aromatic carbocycles. The summed E-state index contributed by atoms with van der Waals surface area (Å²) < 4.78 is 34.0. The third-order valence-corrected chi connectivity index (χ3v) is 4.69. The zero-order valence-corrected chi connectivity index (χ0v) is 12.3. The summed E-state index contributed by atoms with van der Waals surface area (Å²) in [6, 6.07) is 4.66.